The van der Waals surface area contributed by atoms with Gasteiger partial charge in [-0.3, -0.25) is 4.84 Å². The zero-order valence-corrected chi connectivity index (χ0v) is 9.32. The minimum atomic E-state index is -4.57. The number of nitrogens with one attached hydrogen (secondary N) is 1. The Morgan fingerprint density at radius 3 is 2.20 bits per heavy atom. The number of rotatable bonds is 5. The first kappa shape index (κ1) is 14.6. The van der Waals surface area contributed by atoms with Crippen LogP contribution in [0.5, 0.6) is 0 Å². The van der Waals surface area contributed by atoms with Crippen LogP contribution in [-0.4, -0.2) is 38.6 Å². The van der Waals surface area contributed by atoms with E-state index in [-0.39, 0.29) is 6.04 Å². The minimum Gasteiger partial charge on any atom is -0.276 e. The summed E-state index contributed by atoms with van der Waals surface area (Å²) in [5.41, 5.74) is 0. The summed E-state index contributed by atoms with van der Waals surface area (Å²) < 4.78 is 58.1. The molecular formula is C6H13F3N2O3S. The summed E-state index contributed by atoms with van der Waals surface area (Å²) in [5, 5.41) is 0. The molecule has 0 heterocycles. The number of hydrogen-bond acceptors (Lipinski definition) is 3. The predicted molar refractivity (Wildman–Crippen MR) is 47.0 cm³/mol. The highest BCUT2D eigenvalue weighted by atomic mass is 32.2. The van der Waals surface area contributed by atoms with E-state index in [9.17, 15) is 21.6 Å². The Kier molecular flexibility index (Phi) is 4.97. The zero-order valence-electron chi connectivity index (χ0n) is 8.50. The molecule has 0 atom stereocenters. The maximum absolute atomic E-state index is 11.6. The largest absolute Gasteiger partial charge is 0.413 e. The lowest BCUT2D eigenvalue weighted by atomic mass is 10.4. The van der Waals surface area contributed by atoms with Gasteiger partial charge in [-0.15, -0.1) is 0 Å². The SMILES string of the molecule is CC(C)N(C)S(=O)(=O)NOCC(F)(F)F. The van der Waals surface area contributed by atoms with E-state index >= 15 is 0 Å². The second-order valence-corrected chi connectivity index (χ2v) is 4.79. The molecule has 92 valence electrons. The van der Waals surface area contributed by atoms with Crippen molar-refractivity contribution < 1.29 is 26.4 Å². The molecule has 5 nitrogen and oxygen atoms in total. The van der Waals surface area contributed by atoms with Crippen molar-refractivity contribution in [1.29, 1.82) is 0 Å². The van der Waals surface area contributed by atoms with Gasteiger partial charge in [0, 0.05) is 13.1 Å². The fourth-order valence-electron chi connectivity index (χ4n) is 0.522. The second kappa shape index (κ2) is 5.10. The molecule has 0 aliphatic carbocycles. The van der Waals surface area contributed by atoms with Crippen LogP contribution in [0.15, 0.2) is 0 Å². The normalized spacial score (nSPS) is 13.9. The van der Waals surface area contributed by atoms with Crippen molar-refractivity contribution in [3.8, 4) is 0 Å². The van der Waals surface area contributed by atoms with Gasteiger partial charge < -0.3 is 0 Å². The molecule has 15 heavy (non-hydrogen) atoms. The summed E-state index contributed by atoms with van der Waals surface area (Å²) >= 11 is 0. The van der Waals surface area contributed by atoms with E-state index < -0.39 is 23.0 Å². The number of halogens is 3. The van der Waals surface area contributed by atoms with Crippen molar-refractivity contribution in [3.63, 3.8) is 0 Å². The van der Waals surface area contributed by atoms with Gasteiger partial charge in [-0.2, -0.15) is 25.9 Å². The summed E-state index contributed by atoms with van der Waals surface area (Å²) in [7, 11) is -2.79. The van der Waals surface area contributed by atoms with Crippen molar-refractivity contribution in [2.75, 3.05) is 13.7 Å². The van der Waals surface area contributed by atoms with Crippen molar-refractivity contribution in [2.24, 2.45) is 0 Å². The third kappa shape index (κ3) is 5.92. The van der Waals surface area contributed by atoms with Gasteiger partial charge in [0.1, 0.15) is 0 Å². The average Bonchev–Trinajstić information content (AvgIpc) is 1.99. The predicted octanol–water partition coefficient (Wildman–Crippen LogP) is 0.655. The highest BCUT2D eigenvalue weighted by Gasteiger charge is 2.29. The van der Waals surface area contributed by atoms with Crippen LogP contribution in [0.3, 0.4) is 0 Å². The molecule has 0 spiro atoms. The van der Waals surface area contributed by atoms with Crippen molar-refractivity contribution in [3.05, 3.63) is 0 Å². The van der Waals surface area contributed by atoms with E-state index in [0.29, 0.717) is 0 Å². The van der Waals surface area contributed by atoms with E-state index in [2.05, 4.69) is 4.84 Å². The number of hydrogen-bond donors (Lipinski definition) is 1. The lowest BCUT2D eigenvalue weighted by Crippen LogP contribution is -2.42. The van der Waals surface area contributed by atoms with Gasteiger partial charge in [-0.25, -0.2) is 0 Å². The van der Waals surface area contributed by atoms with Gasteiger partial charge >= 0.3 is 16.4 Å². The smallest absolute Gasteiger partial charge is 0.276 e. The van der Waals surface area contributed by atoms with Crippen molar-refractivity contribution in [1.82, 2.24) is 9.19 Å². The maximum Gasteiger partial charge on any atom is 0.413 e. The van der Waals surface area contributed by atoms with Crippen molar-refractivity contribution in [2.45, 2.75) is 26.1 Å². The van der Waals surface area contributed by atoms with E-state index in [1.807, 2.05) is 0 Å². The van der Waals surface area contributed by atoms with Crippen LogP contribution < -0.4 is 4.89 Å². The molecule has 0 rings (SSSR count). The zero-order chi connectivity index (χ0) is 12.3. The maximum atomic E-state index is 11.6. The van der Waals surface area contributed by atoms with Gasteiger partial charge in [-0.1, -0.05) is 4.89 Å². The van der Waals surface area contributed by atoms with Crippen LogP contribution in [0.2, 0.25) is 0 Å². The van der Waals surface area contributed by atoms with Gasteiger partial charge in [0.05, 0.1) is 0 Å². The molecule has 0 amide bonds. The topological polar surface area (TPSA) is 58.6 Å². The Morgan fingerprint density at radius 2 is 1.87 bits per heavy atom. The fraction of sp³-hybridized carbons (Fsp3) is 1.00. The summed E-state index contributed by atoms with van der Waals surface area (Å²) in [4.78, 5) is 5.20. The monoisotopic (exact) mass is 250 g/mol. The number of nitrogens with zero attached hydrogens (tertiary/aromatic N) is 1. The Balaban J connectivity index is 4.18. The van der Waals surface area contributed by atoms with Gasteiger partial charge in [-0.05, 0) is 13.8 Å². The fourth-order valence-corrected chi connectivity index (χ4v) is 1.40. The number of alkyl halides is 3. The molecule has 0 aliphatic heterocycles. The van der Waals surface area contributed by atoms with Crippen LogP contribution >= 0.6 is 0 Å². The molecular weight excluding hydrogens is 237 g/mol. The van der Waals surface area contributed by atoms with Crippen LogP contribution in [0.25, 0.3) is 0 Å². The highest BCUT2D eigenvalue weighted by Crippen LogP contribution is 2.14. The van der Waals surface area contributed by atoms with Crippen LogP contribution in [-0.2, 0) is 15.0 Å². The van der Waals surface area contributed by atoms with Crippen LogP contribution in [0.1, 0.15) is 13.8 Å². The summed E-state index contributed by atoms with van der Waals surface area (Å²) in [5.74, 6) is 0. The first-order valence-electron chi connectivity index (χ1n) is 3.99. The molecule has 0 saturated heterocycles. The minimum absolute atomic E-state index is 0.378. The van der Waals surface area contributed by atoms with Gasteiger partial charge in [0.2, 0.25) is 0 Å². The summed E-state index contributed by atoms with van der Waals surface area (Å²) in [6, 6.07) is -0.378. The Hall–Kier alpha value is -0.380. The van der Waals surface area contributed by atoms with Crippen molar-refractivity contribution >= 4 is 10.2 Å². The van der Waals surface area contributed by atoms with Gasteiger partial charge in [0.25, 0.3) is 0 Å². The first-order valence-corrected chi connectivity index (χ1v) is 5.43. The van der Waals surface area contributed by atoms with Crippen LogP contribution in [0, 0.1) is 0 Å². The van der Waals surface area contributed by atoms with E-state index in [1.54, 1.807) is 13.8 Å². The molecule has 1 N–H and O–H groups in total. The van der Waals surface area contributed by atoms with Crippen LogP contribution in [0.4, 0.5) is 13.2 Å². The Labute approximate surface area is 86.3 Å². The molecule has 9 heteroatoms. The Morgan fingerprint density at radius 1 is 1.40 bits per heavy atom. The molecule has 0 aromatic heterocycles. The first-order chi connectivity index (χ1) is 6.56. The molecule has 0 aromatic carbocycles. The van der Waals surface area contributed by atoms with Gasteiger partial charge in [0.15, 0.2) is 6.61 Å². The van der Waals surface area contributed by atoms with E-state index in [1.165, 1.54) is 11.9 Å². The summed E-state index contributed by atoms with van der Waals surface area (Å²) in [6.07, 6.45) is -4.57. The highest BCUT2D eigenvalue weighted by molar-refractivity contribution is 7.87. The Bertz CT molecular complexity index is 288. The lowest BCUT2D eigenvalue weighted by molar-refractivity contribution is -0.181. The molecule has 0 radical (unpaired) electrons. The lowest BCUT2D eigenvalue weighted by Gasteiger charge is -2.20. The molecule has 0 bridgehead atoms. The quantitative estimate of drug-likeness (QED) is 0.729. The van der Waals surface area contributed by atoms with E-state index in [0.717, 1.165) is 4.31 Å². The molecule has 0 fully saturated rings. The summed E-state index contributed by atoms with van der Waals surface area (Å²) in [6.45, 7) is 1.48. The third-order valence-corrected chi connectivity index (χ3v) is 3.01. The standard InChI is InChI=1S/C6H13F3N2O3S/c1-5(2)11(3)15(12,13)10-14-4-6(7,8)9/h5,10H,4H2,1-3H3. The average molecular weight is 250 g/mol. The molecule has 0 aromatic rings. The second-order valence-electron chi connectivity index (χ2n) is 3.10. The van der Waals surface area contributed by atoms with E-state index in [4.69, 9.17) is 0 Å². The molecule has 0 aliphatic rings. The third-order valence-electron chi connectivity index (χ3n) is 1.51. The molecule has 0 saturated carbocycles. The molecule has 0 unspecified atom stereocenters.